The largest absolute Gasteiger partial charge is 0.355 e. The van der Waals surface area contributed by atoms with Gasteiger partial charge in [-0.3, -0.25) is 4.79 Å². The predicted molar refractivity (Wildman–Crippen MR) is 61.6 cm³/mol. The van der Waals surface area contributed by atoms with Crippen LogP contribution in [0.3, 0.4) is 0 Å². The molecule has 1 rings (SSSR count). The number of hydrogen-bond donors (Lipinski definition) is 2. The van der Waals surface area contributed by atoms with E-state index in [9.17, 15) is 4.79 Å². The van der Waals surface area contributed by atoms with Crippen LogP contribution < -0.4 is 10.6 Å². The van der Waals surface area contributed by atoms with Gasteiger partial charge in [0.25, 0.3) is 0 Å². The van der Waals surface area contributed by atoms with E-state index < -0.39 is 0 Å². The first-order valence-electron chi connectivity index (χ1n) is 5.19. The summed E-state index contributed by atoms with van der Waals surface area (Å²) >= 11 is 0. The van der Waals surface area contributed by atoms with Crippen LogP contribution in [0.1, 0.15) is 18.1 Å². The average molecular weight is 206 g/mol. The Kier molecular flexibility index (Phi) is 4.84. The number of hydrogen-bond acceptors (Lipinski definition) is 2. The summed E-state index contributed by atoms with van der Waals surface area (Å²) in [7, 11) is 0. The first-order chi connectivity index (χ1) is 7.18. The lowest BCUT2D eigenvalue weighted by Crippen LogP contribution is -2.29. The molecule has 0 aliphatic rings. The number of nitrogens with one attached hydrogen (secondary N) is 2. The Bertz CT molecular complexity index is 323. The van der Waals surface area contributed by atoms with Gasteiger partial charge >= 0.3 is 0 Å². The Morgan fingerprint density at radius 1 is 1.33 bits per heavy atom. The average Bonchev–Trinajstić information content (AvgIpc) is 2.17. The van der Waals surface area contributed by atoms with Crippen LogP contribution in [0, 0.1) is 6.92 Å². The smallest absolute Gasteiger partial charge is 0.216 e. The summed E-state index contributed by atoms with van der Waals surface area (Å²) < 4.78 is 0. The molecule has 0 bridgehead atoms. The van der Waals surface area contributed by atoms with Crippen molar-refractivity contribution in [1.29, 1.82) is 0 Å². The van der Waals surface area contributed by atoms with Gasteiger partial charge in [-0.1, -0.05) is 29.8 Å². The van der Waals surface area contributed by atoms with Crippen LogP contribution in [0.5, 0.6) is 0 Å². The van der Waals surface area contributed by atoms with Crippen molar-refractivity contribution in [2.45, 2.75) is 20.4 Å². The van der Waals surface area contributed by atoms with Crippen molar-refractivity contribution in [3.05, 3.63) is 35.4 Å². The first kappa shape index (κ1) is 11.7. The van der Waals surface area contributed by atoms with Crippen LogP contribution in [0.25, 0.3) is 0 Å². The summed E-state index contributed by atoms with van der Waals surface area (Å²) in [4.78, 5) is 10.6. The molecule has 0 heterocycles. The molecule has 2 N–H and O–H groups in total. The van der Waals surface area contributed by atoms with Crippen molar-refractivity contribution in [2.24, 2.45) is 0 Å². The summed E-state index contributed by atoms with van der Waals surface area (Å²) in [6.45, 7) is 5.94. The van der Waals surface area contributed by atoms with E-state index >= 15 is 0 Å². The molecule has 15 heavy (non-hydrogen) atoms. The molecule has 1 amide bonds. The van der Waals surface area contributed by atoms with E-state index in [1.807, 2.05) is 0 Å². The maximum absolute atomic E-state index is 10.6. The maximum atomic E-state index is 10.6. The van der Waals surface area contributed by atoms with Crippen molar-refractivity contribution in [3.8, 4) is 0 Å². The molecule has 1 aromatic rings. The lowest BCUT2D eigenvalue weighted by atomic mass is 10.1. The lowest BCUT2D eigenvalue weighted by molar-refractivity contribution is -0.118. The Morgan fingerprint density at radius 2 is 2.13 bits per heavy atom. The molecule has 0 unspecified atom stereocenters. The number of rotatable bonds is 5. The molecule has 0 aliphatic carbocycles. The minimum Gasteiger partial charge on any atom is -0.355 e. The molecule has 82 valence electrons. The van der Waals surface area contributed by atoms with Crippen molar-refractivity contribution < 1.29 is 4.79 Å². The first-order valence-corrected chi connectivity index (χ1v) is 5.19. The van der Waals surface area contributed by atoms with E-state index in [0.717, 1.165) is 13.1 Å². The molecule has 0 aromatic heterocycles. The second-order valence-corrected chi connectivity index (χ2v) is 3.65. The molecule has 0 fully saturated rings. The molecule has 1 aromatic carbocycles. The SMILES string of the molecule is CC(=O)NCCNCc1cccc(C)c1. The van der Waals surface area contributed by atoms with Gasteiger partial charge in [0.15, 0.2) is 0 Å². The van der Waals surface area contributed by atoms with E-state index in [1.54, 1.807) is 0 Å². The Hall–Kier alpha value is -1.35. The van der Waals surface area contributed by atoms with E-state index in [4.69, 9.17) is 0 Å². The monoisotopic (exact) mass is 206 g/mol. The van der Waals surface area contributed by atoms with Gasteiger partial charge < -0.3 is 10.6 Å². The topological polar surface area (TPSA) is 41.1 Å². The highest BCUT2D eigenvalue weighted by Crippen LogP contribution is 2.02. The van der Waals surface area contributed by atoms with E-state index in [2.05, 4.69) is 41.8 Å². The zero-order valence-electron chi connectivity index (χ0n) is 9.34. The van der Waals surface area contributed by atoms with Gasteiger partial charge in [-0.2, -0.15) is 0 Å². The van der Waals surface area contributed by atoms with Crippen LogP contribution in [-0.4, -0.2) is 19.0 Å². The number of amides is 1. The minimum absolute atomic E-state index is 0.0207. The highest BCUT2D eigenvalue weighted by atomic mass is 16.1. The summed E-state index contributed by atoms with van der Waals surface area (Å²) in [5, 5.41) is 6.01. The highest BCUT2D eigenvalue weighted by Gasteiger charge is 1.93. The highest BCUT2D eigenvalue weighted by molar-refractivity contribution is 5.72. The normalized spacial score (nSPS) is 10.0. The zero-order valence-corrected chi connectivity index (χ0v) is 9.34. The van der Waals surface area contributed by atoms with Crippen molar-refractivity contribution >= 4 is 5.91 Å². The fourth-order valence-electron chi connectivity index (χ4n) is 1.38. The summed E-state index contributed by atoms with van der Waals surface area (Å²) in [5.41, 5.74) is 2.55. The molecule has 0 radical (unpaired) electrons. The van der Waals surface area contributed by atoms with Gasteiger partial charge in [0.2, 0.25) is 5.91 Å². The summed E-state index contributed by atoms with van der Waals surface area (Å²) in [6, 6.07) is 8.39. The predicted octanol–water partition coefficient (Wildman–Crippen LogP) is 1.22. The maximum Gasteiger partial charge on any atom is 0.216 e. The minimum atomic E-state index is 0.0207. The second-order valence-electron chi connectivity index (χ2n) is 3.65. The fourth-order valence-corrected chi connectivity index (χ4v) is 1.38. The van der Waals surface area contributed by atoms with Gasteiger partial charge in [-0.25, -0.2) is 0 Å². The fraction of sp³-hybridized carbons (Fsp3) is 0.417. The molecule has 0 atom stereocenters. The van der Waals surface area contributed by atoms with Crippen molar-refractivity contribution in [1.82, 2.24) is 10.6 Å². The summed E-state index contributed by atoms with van der Waals surface area (Å²) in [6.07, 6.45) is 0. The van der Waals surface area contributed by atoms with Gasteiger partial charge in [0, 0.05) is 26.6 Å². The quantitative estimate of drug-likeness (QED) is 0.711. The zero-order chi connectivity index (χ0) is 11.1. The summed E-state index contributed by atoms with van der Waals surface area (Å²) in [5.74, 6) is 0.0207. The Labute approximate surface area is 90.9 Å². The molecule has 3 heteroatoms. The van der Waals surface area contributed by atoms with E-state index in [-0.39, 0.29) is 5.91 Å². The van der Waals surface area contributed by atoms with Crippen molar-refractivity contribution in [2.75, 3.05) is 13.1 Å². The molecule has 0 saturated carbocycles. The van der Waals surface area contributed by atoms with Crippen LogP contribution in [0.15, 0.2) is 24.3 Å². The third kappa shape index (κ3) is 5.18. The lowest BCUT2D eigenvalue weighted by Gasteiger charge is -2.05. The number of carbonyl (C=O) groups excluding carboxylic acids is 1. The Morgan fingerprint density at radius 3 is 2.80 bits per heavy atom. The molecule has 0 saturated heterocycles. The van der Waals surface area contributed by atoms with E-state index in [0.29, 0.717) is 6.54 Å². The molecular weight excluding hydrogens is 188 g/mol. The van der Waals surface area contributed by atoms with Crippen LogP contribution >= 0.6 is 0 Å². The van der Waals surface area contributed by atoms with Crippen LogP contribution in [0.2, 0.25) is 0 Å². The molecule has 3 nitrogen and oxygen atoms in total. The van der Waals surface area contributed by atoms with E-state index in [1.165, 1.54) is 18.1 Å². The molecule has 0 spiro atoms. The molecular formula is C12H18N2O. The second kappa shape index (κ2) is 6.19. The van der Waals surface area contributed by atoms with Gasteiger partial charge in [0.05, 0.1) is 0 Å². The molecule has 0 aliphatic heterocycles. The van der Waals surface area contributed by atoms with Crippen molar-refractivity contribution in [3.63, 3.8) is 0 Å². The number of benzene rings is 1. The number of carbonyl (C=O) groups is 1. The van der Waals surface area contributed by atoms with Crippen LogP contribution in [0.4, 0.5) is 0 Å². The number of aryl methyl sites for hydroxylation is 1. The van der Waals surface area contributed by atoms with Gasteiger partial charge in [-0.15, -0.1) is 0 Å². The third-order valence-electron chi connectivity index (χ3n) is 2.09. The third-order valence-corrected chi connectivity index (χ3v) is 2.09. The standard InChI is InChI=1S/C12H18N2O/c1-10-4-3-5-12(8-10)9-13-6-7-14-11(2)15/h3-5,8,13H,6-7,9H2,1-2H3,(H,14,15). The van der Waals surface area contributed by atoms with Crippen LogP contribution in [-0.2, 0) is 11.3 Å². The Balaban J connectivity index is 2.17. The van der Waals surface area contributed by atoms with Gasteiger partial charge in [0.1, 0.15) is 0 Å². The van der Waals surface area contributed by atoms with Gasteiger partial charge in [-0.05, 0) is 12.5 Å².